The lowest BCUT2D eigenvalue weighted by Crippen LogP contribution is -2.48. The lowest BCUT2D eigenvalue weighted by molar-refractivity contribution is -0.0587. The molecule has 128 valence electrons. The molecule has 2 aromatic rings. The first-order valence-electron chi connectivity index (χ1n) is 8.07. The number of aromatic nitrogens is 1. The van der Waals surface area contributed by atoms with E-state index < -0.39 is 0 Å². The van der Waals surface area contributed by atoms with E-state index in [1.165, 1.54) is 11.3 Å². The molecule has 0 aliphatic carbocycles. The van der Waals surface area contributed by atoms with Crippen molar-refractivity contribution in [3.63, 3.8) is 0 Å². The summed E-state index contributed by atoms with van der Waals surface area (Å²) in [4.78, 5) is 19.0. The number of amides is 1. The van der Waals surface area contributed by atoms with Crippen LogP contribution in [0.3, 0.4) is 0 Å². The van der Waals surface area contributed by atoms with Crippen LogP contribution in [0, 0.1) is 0 Å². The van der Waals surface area contributed by atoms with Gasteiger partial charge < -0.3 is 14.4 Å². The van der Waals surface area contributed by atoms with Crippen LogP contribution >= 0.6 is 11.3 Å². The van der Waals surface area contributed by atoms with Gasteiger partial charge in [-0.3, -0.25) is 4.79 Å². The van der Waals surface area contributed by atoms with Crippen molar-refractivity contribution >= 4 is 17.2 Å². The van der Waals surface area contributed by atoms with E-state index in [1.54, 1.807) is 7.11 Å². The number of hydrogen-bond acceptors (Lipinski definition) is 5. The summed E-state index contributed by atoms with van der Waals surface area (Å²) in [5, 5.41) is 2.80. The number of rotatable bonds is 4. The molecule has 0 radical (unpaired) electrons. The zero-order chi connectivity index (χ0) is 17.1. The summed E-state index contributed by atoms with van der Waals surface area (Å²) in [5.74, 6) is 0.832. The van der Waals surface area contributed by atoms with E-state index >= 15 is 0 Å². The van der Waals surface area contributed by atoms with Crippen molar-refractivity contribution in [3.05, 3.63) is 45.9 Å². The highest BCUT2D eigenvalue weighted by molar-refractivity contribution is 7.09. The molecule has 1 aliphatic heterocycles. The van der Waals surface area contributed by atoms with Crippen molar-refractivity contribution in [3.8, 4) is 5.75 Å². The second kappa shape index (κ2) is 7.32. The summed E-state index contributed by atoms with van der Waals surface area (Å²) in [5.41, 5.74) is 1.68. The van der Waals surface area contributed by atoms with E-state index in [0.717, 1.165) is 22.7 Å². The van der Waals surface area contributed by atoms with Crippen LogP contribution in [-0.2, 0) is 11.2 Å². The van der Waals surface area contributed by atoms with Gasteiger partial charge in [-0.1, -0.05) is 12.1 Å². The fourth-order valence-electron chi connectivity index (χ4n) is 2.91. The number of hydrogen-bond donors (Lipinski definition) is 0. The van der Waals surface area contributed by atoms with Gasteiger partial charge in [0.1, 0.15) is 11.4 Å². The molecule has 3 rings (SSSR count). The Morgan fingerprint density at radius 3 is 2.58 bits per heavy atom. The smallest absolute Gasteiger partial charge is 0.273 e. The maximum Gasteiger partial charge on any atom is 0.273 e. The van der Waals surface area contributed by atoms with E-state index in [-0.39, 0.29) is 18.1 Å². The van der Waals surface area contributed by atoms with Gasteiger partial charge >= 0.3 is 0 Å². The topological polar surface area (TPSA) is 51.7 Å². The van der Waals surface area contributed by atoms with Gasteiger partial charge in [0.05, 0.1) is 24.3 Å². The number of morpholine rings is 1. The normalized spacial score (nSPS) is 20.9. The number of carbonyl (C=O) groups is 1. The van der Waals surface area contributed by atoms with Crippen LogP contribution in [0.4, 0.5) is 0 Å². The van der Waals surface area contributed by atoms with Crippen LogP contribution in [0.1, 0.15) is 34.9 Å². The van der Waals surface area contributed by atoms with Crippen molar-refractivity contribution in [2.75, 3.05) is 20.2 Å². The molecule has 2 heterocycles. The van der Waals surface area contributed by atoms with Gasteiger partial charge in [0.25, 0.3) is 5.91 Å². The first-order chi connectivity index (χ1) is 11.5. The Morgan fingerprint density at radius 1 is 1.29 bits per heavy atom. The van der Waals surface area contributed by atoms with Crippen LogP contribution in [0.2, 0.25) is 0 Å². The minimum absolute atomic E-state index is 0.00534. The molecule has 1 fully saturated rings. The van der Waals surface area contributed by atoms with Gasteiger partial charge in [0.15, 0.2) is 0 Å². The van der Waals surface area contributed by atoms with E-state index in [2.05, 4.69) is 4.98 Å². The Hall–Kier alpha value is -1.92. The van der Waals surface area contributed by atoms with Crippen LogP contribution in [0.15, 0.2) is 29.6 Å². The summed E-state index contributed by atoms with van der Waals surface area (Å²) >= 11 is 1.53. The standard InChI is InChI=1S/C18H22N2O3S/c1-12-9-20(10-13(2)23-12)18(21)16-11-24-17(19-16)8-14-4-6-15(22-3)7-5-14/h4-7,11-13H,8-10H2,1-3H3. The van der Waals surface area contributed by atoms with Crippen molar-refractivity contribution in [2.45, 2.75) is 32.5 Å². The fourth-order valence-corrected chi connectivity index (χ4v) is 3.72. The molecule has 24 heavy (non-hydrogen) atoms. The number of ether oxygens (including phenoxy) is 2. The number of nitrogens with zero attached hydrogens (tertiary/aromatic N) is 2. The summed E-state index contributed by atoms with van der Waals surface area (Å²) in [6, 6.07) is 7.91. The van der Waals surface area contributed by atoms with E-state index in [0.29, 0.717) is 18.8 Å². The molecule has 1 amide bonds. The zero-order valence-corrected chi connectivity index (χ0v) is 15.0. The molecule has 0 spiro atoms. The molecular weight excluding hydrogens is 324 g/mol. The quantitative estimate of drug-likeness (QED) is 0.854. The second-order valence-corrected chi connectivity index (χ2v) is 7.06. The zero-order valence-electron chi connectivity index (χ0n) is 14.2. The van der Waals surface area contributed by atoms with Crippen molar-refractivity contribution in [2.24, 2.45) is 0 Å². The lowest BCUT2D eigenvalue weighted by Gasteiger charge is -2.34. The number of methoxy groups -OCH3 is 1. The number of benzene rings is 1. The van der Waals surface area contributed by atoms with E-state index in [4.69, 9.17) is 9.47 Å². The minimum Gasteiger partial charge on any atom is -0.497 e. The van der Waals surface area contributed by atoms with Crippen molar-refractivity contribution in [1.29, 1.82) is 0 Å². The Morgan fingerprint density at radius 2 is 1.96 bits per heavy atom. The molecule has 0 saturated carbocycles. The molecule has 1 saturated heterocycles. The average molecular weight is 346 g/mol. The Labute approximate surface area is 146 Å². The monoisotopic (exact) mass is 346 g/mol. The highest BCUT2D eigenvalue weighted by atomic mass is 32.1. The molecule has 5 nitrogen and oxygen atoms in total. The molecule has 6 heteroatoms. The third kappa shape index (κ3) is 3.94. The molecule has 2 unspecified atom stereocenters. The molecular formula is C18H22N2O3S. The predicted molar refractivity (Wildman–Crippen MR) is 93.8 cm³/mol. The van der Waals surface area contributed by atoms with Gasteiger partial charge in [-0.05, 0) is 31.5 Å². The summed E-state index contributed by atoms with van der Waals surface area (Å²) in [6.07, 6.45) is 0.850. The number of carbonyl (C=O) groups excluding carboxylic acids is 1. The van der Waals surface area contributed by atoms with E-state index in [1.807, 2.05) is 48.4 Å². The first kappa shape index (κ1) is 16.9. The van der Waals surface area contributed by atoms with E-state index in [9.17, 15) is 4.79 Å². The van der Waals surface area contributed by atoms with Gasteiger partial charge in [-0.15, -0.1) is 11.3 Å². The average Bonchev–Trinajstić information content (AvgIpc) is 3.02. The third-order valence-corrected chi connectivity index (χ3v) is 4.84. The first-order valence-corrected chi connectivity index (χ1v) is 8.95. The second-order valence-electron chi connectivity index (χ2n) is 6.12. The summed E-state index contributed by atoms with van der Waals surface area (Å²) < 4.78 is 10.8. The molecule has 1 aromatic heterocycles. The molecule has 1 aromatic carbocycles. The predicted octanol–water partition coefficient (Wildman–Crippen LogP) is 2.99. The Bertz CT molecular complexity index is 689. The van der Waals surface area contributed by atoms with Gasteiger partial charge in [-0.2, -0.15) is 0 Å². The SMILES string of the molecule is COc1ccc(Cc2nc(C(=O)N3CC(C)OC(C)C3)cs2)cc1. The van der Waals surface area contributed by atoms with Crippen LogP contribution in [-0.4, -0.2) is 48.2 Å². The maximum absolute atomic E-state index is 12.6. The fraction of sp³-hybridized carbons (Fsp3) is 0.444. The molecule has 0 N–H and O–H groups in total. The molecule has 2 atom stereocenters. The third-order valence-electron chi connectivity index (χ3n) is 3.99. The van der Waals surface area contributed by atoms with Crippen molar-refractivity contribution < 1.29 is 14.3 Å². The van der Waals surface area contributed by atoms with Crippen LogP contribution in [0.5, 0.6) is 5.75 Å². The maximum atomic E-state index is 12.6. The van der Waals surface area contributed by atoms with Crippen LogP contribution < -0.4 is 4.74 Å². The summed E-state index contributed by atoms with van der Waals surface area (Å²) in [6.45, 7) is 5.22. The highest BCUT2D eigenvalue weighted by Crippen LogP contribution is 2.20. The Balaban J connectivity index is 1.67. The molecule has 1 aliphatic rings. The largest absolute Gasteiger partial charge is 0.497 e. The number of thiazole rings is 1. The summed E-state index contributed by atoms with van der Waals surface area (Å²) in [7, 11) is 1.65. The Kier molecular flexibility index (Phi) is 5.16. The van der Waals surface area contributed by atoms with Crippen LogP contribution in [0.25, 0.3) is 0 Å². The lowest BCUT2D eigenvalue weighted by atomic mass is 10.1. The molecule has 0 bridgehead atoms. The minimum atomic E-state index is -0.00534. The van der Waals surface area contributed by atoms with Crippen molar-refractivity contribution in [1.82, 2.24) is 9.88 Å². The highest BCUT2D eigenvalue weighted by Gasteiger charge is 2.27. The van der Waals surface area contributed by atoms with Gasteiger partial charge in [0.2, 0.25) is 0 Å². The van der Waals surface area contributed by atoms with Gasteiger partial charge in [-0.25, -0.2) is 4.98 Å². The van der Waals surface area contributed by atoms with Gasteiger partial charge in [0, 0.05) is 24.9 Å².